The molecule has 2 aromatic carbocycles. The number of benzene rings is 2. The van der Waals surface area contributed by atoms with Crippen molar-refractivity contribution < 1.29 is 18.3 Å². The van der Waals surface area contributed by atoms with Crippen molar-refractivity contribution in [2.45, 2.75) is 58.3 Å². The van der Waals surface area contributed by atoms with E-state index >= 15 is 0 Å². The van der Waals surface area contributed by atoms with Gasteiger partial charge < -0.3 is 14.5 Å². The number of ether oxygens (including phenoxy) is 1. The molecular weight excluding hydrogens is 429 g/mol. The van der Waals surface area contributed by atoms with Crippen LogP contribution in [0.25, 0.3) is 11.0 Å². The number of anilines is 1. The average molecular weight is 458 g/mol. The van der Waals surface area contributed by atoms with Crippen LogP contribution < -0.4 is 10.7 Å². The number of hydrogen-bond acceptors (Lipinski definition) is 6. The van der Waals surface area contributed by atoms with Crippen molar-refractivity contribution in [2.24, 2.45) is 0 Å². The second-order valence-corrected chi connectivity index (χ2v) is 9.89. The van der Waals surface area contributed by atoms with Gasteiger partial charge in [0.2, 0.25) is 0 Å². The van der Waals surface area contributed by atoms with Crippen LogP contribution in [0.5, 0.6) is 0 Å². The van der Waals surface area contributed by atoms with E-state index in [4.69, 9.17) is 9.15 Å². The van der Waals surface area contributed by atoms with E-state index in [1.54, 1.807) is 32.9 Å². The third-order valence-corrected chi connectivity index (χ3v) is 5.50. The predicted octanol–water partition coefficient (Wildman–Crippen LogP) is 6.48. The maximum atomic E-state index is 14.6. The average Bonchev–Trinajstić information content (AvgIpc) is 2.67. The summed E-state index contributed by atoms with van der Waals surface area (Å²) < 4.78 is 26.1. The first kappa shape index (κ1) is 23.9. The van der Waals surface area contributed by atoms with E-state index in [1.165, 1.54) is 30.0 Å². The number of aryl methyl sites for hydroxylation is 1. The predicted molar refractivity (Wildman–Crippen MR) is 127 cm³/mol. The highest BCUT2D eigenvalue weighted by atomic mass is 32.2. The minimum absolute atomic E-state index is 0.112. The minimum atomic E-state index is -0.758. The Morgan fingerprint density at radius 1 is 1.25 bits per heavy atom. The molecule has 0 amide bonds. The van der Waals surface area contributed by atoms with Gasteiger partial charge in [-0.05, 0) is 64.1 Å². The Morgan fingerprint density at radius 3 is 2.62 bits per heavy atom. The highest BCUT2D eigenvalue weighted by molar-refractivity contribution is 7.99. The van der Waals surface area contributed by atoms with Crippen molar-refractivity contribution in [3.05, 3.63) is 69.1 Å². The molecule has 3 aromatic rings. The summed E-state index contributed by atoms with van der Waals surface area (Å²) in [5.74, 6) is -0.641. The van der Waals surface area contributed by atoms with Crippen LogP contribution in [0, 0.1) is 12.7 Å². The molecule has 0 fully saturated rings. The summed E-state index contributed by atoms with van der Waals surface area (Å²) in [4.78, 5) is 25.4. The fourth-order valence-corrected chi connectivity index (χ4v) is 4.06. The van der Waals surface area contributed by atoms with Crippen LogP contribution in [-0.2, 0) is 4.74 Å². The zero-order chi connectivity index (χ0) is 23.6. The number of fused-ring (bicyclic) bond motifs is 1. The van der Waals surface area contributed by atoms with Gasteiger partial charge in [0.25, 0.3) is 0 Å². The summed E-state index contributed by atoms with van der Waals surface area (Å²) in [5, 5.41) is 4.25. The van der Waals surface area contributed by atoms with Crippen LogP contribution >= 0.6 is 11.8 Å². The lowest BCUT2D eigenvalue weighted by Crippen LogP contribution is -2.25. The highest BCUT2D eigenvalue weighted by Gasteiger charge is 2.25. The second-order valence-electron chi connectivity index (χ2n) is 8.62. The second kappa shape index (κ2) is 9.36. The van der Waals surface area contributed by atoms with Crippen molar-refractivity contribution >= 4 is 34.4 Å². The van der Waals surface area contributed by atoms with E-state index < -0.39 is 17.4 Å². The van der Waals surface area contributed by atoms with E-state index in [0.717, 1.165) is 16.9 Å². The van der Waals surface area contributed by atoms with Gasteiger partial charge in [0.1, 0.15) is 22.6 Å². The van der Waals surface area contributed by atoms with Crippen molar-refractivity contribution in [1.29, 1.82) is 0 Å². The minimum Gasteiger partial charge on any atom is -0.456 e. The van der Waals surface area contributed by atoms with Crippen molar-refractivity contribution in [3.8, 4) is 0 Å². The molecule has 0 saturated heterocycles. The van der Waals surface area contributed by atoms with E-state index in [0.29, 0.717) is 21.7 Å². The third-order valence-electron chi connectivity index (χ3n) is 4.72. The summed E-state index contributed by atoms with van der Waals surface area (Å²) in [7, 11) is 0. The van der Waals surface area contributed by atoms with Gasteiger partial charge in [0, 0.05) is 11.6 Å². The van der Waals surface area contributed by atoms with Crippen LogP contribution in [-0.4, -0.2) is 17.3 Å². The van der Waals surface area contributed by atoms with Crippen molar-refractivity contribution in [2.75, 3.05) is 11.1 Å². The van der Waals surface area contributed by atoms with Gasteiger partial charge in [-0.15, -0.1) is 0 Å². The number of rotatable bonds is 6. The fourth-order valence-electron chi connectivity index (χ4n) is 3.44. The van der Waals surface area contributed by atoms with Crippen LogP contribution in [0.4, 0.5) is 10.1 Å². The Balaban J connectivity index is 2.06. The van der Waals surface area contributed by atoms with Gasteiger partial charge in [-0.2, -0.15) is 0 Å². The van der Waals surface area contributed by atoms with E-state index in [-0.39, 0.29) is 17.0 Å². The molecule has 0 aliphatic heterocycles. The van der Waals surface area contributed by atoms with Gasteiger partial charge in [-0.1, -0.05) is 30.8 Å². The van der Waals surface area contributed by atoms with Gasteiger partial charge >= 0.3 is 5.97 Å². The molecule has 1 N–H and O–H groups in total. The Bertz CT molecular complexity index is 1210. The topological polar surface area (TPSA) is 68.5 Å². The lowest BCUT2D eigenvalue weighted by Gasteiger charge is -2.23. The van der Waals surface area contributed by atoms with Crippen LogP contribution in [0.15, 0.2) is 50.7 Å². The summed E-state index contributed by atoms with van der Waals surface area (Å²) in [5.41, 5.74) is 1.41. The van der Waals surface area contributed by atoms with E-state index in [2.05, 4.69) is 5.32 Å². The number of halogens is 1. The Hall–Kier alpha value is -2.80. The normalized spacial score (nSPS) is 12.6. The molecule has 0 aliphatic rings. The Labute approximate surface area is 191 Å². The number of carbonyl (C=O) groups excluding carboxylic acids is 1. The fraction of sp³-hybridized carbons (Fsp3) is 0.360. The molecule has 32 heavy (non-hydrogen) atoms. The molecular formula is C25H28FNO4S. The van der Waals surface area contributed by atoms with E-state index in [1.807, 2.05) is 26.8 Å². The first-order chi connectivity index (χ1) is 15.0. The summed E-state index contributed by atoms with van der Waals surface area (Å²) in [6.07, 6.45) is 0. The van der Waals surface area contributed by atoms with Crippen molar-refractivity contribution in [3.63, 3.8) is 0 Å². The van der Waals surface area contributed by atoms with Gasteiger partial charge in [-0.25, -0.2) is 9.18 Å². The summed E-state index contributed by atoms with van der Waals surface area (Å²) in [6, 6.07) is 9.23. The van der Waals surface area contributed by atoms with Gasteiger partial charge in [0.05, 0.1) is 17.1 Å². The molecule has 0 bridgehead atoms. The molecule has 1 heterocycles. The molecule has 1 aromatic heterocycles. The molecule has 0 aliphatic carbocycles. The molecule has 0 radical (unpaired) electrons. The molecule has 1 atom stereocenters. The Kier molecular flexibility index (Phi) is 6.98. The van der Waals surface area contributed by atoms with Crippen LogP contribution in [0.2, 0.25) is 0 Å². The molecule has 170 valence electrons. The standard InChI is InChI=1S/C25H28FNO4S/c1-7-32-21-13-20(28)17-12-14(2)11-16(23(17)30-21)15(3)27-19-10-8-9-18(26)22(19)24(29)31-25(4,5)6/h8-13,15,27H,7H2,1-6H3. The van der Waals surface area contributed by atoms with Gasteiger partial charge in [0.15, 0.2) is 10.5 Å². The first-order valence-corrected chi connectivity index (χ1v) is 11.5. The monoisotopic (exact) mass is 457 g/mol. The zero-order valence-corrected chi connectivity index (χ0v) is 20.0. The zero-order valence-electron chi connectivity index (χ0n) is 19.2. The summed E-state index contributed by atoms with van der Waals surface area (Å²) in [6.45, 7) is 10.9. The molecule has 0 saturated carbocycles. The summed E-state index contributed by atoms with van der Waals surface area (Å²) >= 11 is 1.45. The van der Waals surface area contributed by atoms with Crippen LogP contribution in [0.3, 0.4) is 0 Å². The van der Waals surface area contributed by atoms with Crippen molar-refractivity contribution in [1.82, 2.24) is 0 Å². The Morgan fingerprint density at radius 2 is 1.97 bits per heavy atom. The lowest BCUT2D eigenvalue weighted by molar-refractivity contribution is 0.00659. The molecule has 5 nitrogen and oxygen atoms in total. The molecule has 3 rings (SSSR count). The maximum Gasteiger partial charge on any atom is 0.343 e. The lowest BCUT2D eigenvalue weighted by atomic mass is 10.0. The largest absolute Gasteiger partial charge is 0.456 e. The van der Waals surface area contributed by atoms with Gasteiger partial charge in [-0.3, -0.25) is 4.79 Å². The SMILES string of the molecule is CCSc1cc(=O)c2cc(C)cc(C(C)Nc3cccc(F)c3C(=O)OC(C)(C)C)c2o1. The number of hydrogen-bond donors (Lipinski definition) is 1. The van der Waals surface area contributed by atoms with E-state index in [9.17, 15) is 14.0 Å². The molecule has 1 unspecified atom stereocenters. The number of esters is 1. The highest BCUT2D eigenvalue weighted by Crippen LogP contribution is 2.32. The first-order valence-electron chi connectivity index (χ1n) is 10.5. The quantitative estimate of drug-likeness (QED) is 0.337. The number of nitrogens with one attached hydrogen (secondary N) is 1. The smallest absolute Gasteiger partial charge is 0.343 e. The maximum absolute atomic E-state index is 14.6. The van der Waals surface area contributed by atoms with Crippen LogP contribution in [0.1, 0.15) is 62.1 Å². The third kappa shape index (κ3) is 5.33. The molecule has 7 heteroatoms. The number of thioether (sulfide) groups is 1. The number of carbonyl (C=O) groups is 1. The molecule has 0 spiro atoms.